The second-order valence-corrected chi connectivity index (χ2v) is 6.59. The standard InChI is InChI=1S/C10H22N2O3S.ClH/c1-8(7-15-2)16(13,14)12-10-5-3-4-9(10)6-11;/h8-10,12H,3-7,11H2,1-2H3;1H. The fourth-order valence-corrected chi connectivity index (χ4v) is 3.41. The van der Waals surface area contributed by atoms with Crippen molar-refractivity contribution >= 4 is 22.4 Å². The Balaban J connectivity index is 0.00000256. The first-order chi connectivity index (χ1) is 7.51. The van der Waals surface area contributed by atoms with Crippen molar-refractivity contribution in [2.75, 3.05) is 20.3 Å². The lowest BCUT2D eigenvalue weighted by Gasteiger charge is -2.21. The highest BCUT2D eigenvalue weighted by Gasteiger charge is 2.31. The minimum atomic E-state index is -3.28. The maximum Gasteiger partial charge on any atom is 0.216 e. The minimum absolute atomic E-state index is 0. The van der Waals surface area contributed by atoms with Crippen LogP contribution in [0.4, 0.5) is 0 Å². The molecule has 0 bridgehead atoms. The molecule has 3 N–H and O–H groups in total. The SMILES string of the molecule is COCC(C)S(=O)(=O)NC1CCCC1CN.Cl. The van der Waals surface area contributed by atoms with Crippen molar-refractivity contribution in [3.8, 4) is 0 Å². The first-order valence-corrected chi connectivity index (χ1v) is 7.26. The van der Waals surface area contributed by atoms with E-state index in [1.165, 1.54) is 7.11 Å². The van der Waals surface area contributed by atoms with Crippen LogP contribution in [0.3, 0.4) is 0 Å². The van der Waals surface area contributed by atoms with Crippen molar-refractivity contribution in [3.63, 3.8) is 0 Å². The van der Waals surface area contributed by atoms with Crippen LogP contribution in [-0.4, -0.2) is 40.0 Å². The molecule has 0 spiro atoms. The normalized spacial score (nSPS) is 26.5. The molecule has 0 aromatic rings. The molecule has 1 saturated carbocycles. The summed E-state index contributed by atoms with van der Waals surface area (Å²) in [5, 5.41) is -0.517. The van der Waals surface area contributed by atoms with Gasteiger partial charge in [-0.25, -0.2) is 13.1 Å². The van der Waals surface area contributed by atoms with Crippen molar-refractivity contribution in [1.82, 2.24) is 4.72 Å². The predicted octanol–water partition coefficient (Wildman–Crippen LogP) is 0.490. The van der Waals surface area contributed by atoms with E-state index in [0.717, 1.165) is 19.3 Å². The van der Waals surface area contributed by atoms with Crippen molar-refractivity contribution in [2.45, 2.75) is 37.5 Å². The topological polar surface area (TPSA) is 81.4 Å². The average Bonchev–Trinajstić information content (AvgIpc) is 2.64. The molecule has 1 aliphatic carbocycles. The summed E-state index contributed by atoms with van der Waals surface area (Å²) in [5.74, 6) is 0.282. The third-order valence-corrected chi connectivity index (χ3v) is 5.04. The molecule has 0 aliphatic heterocycles. The summed E-state index contributed by atoms with van der Waals surface area (Å²) in [5.41, 5.74) is 5.62. The molecule has 104 valence electrons. The molecule has 0 aromatic carbocycles. The monoisotopic (exact) mass is 286 g/mol. The molecular weight excluding hydrogens is 264 g/mol. The van der Waals surface area contributed by atoms with Gasteiger partial charge in [0, 0.05) is 13.2 Å². The summed E-state index contributed by atoms with van der Waals surface area (Å²) in [4.78, 5) is 0. The molecular formula is C10H23ClN2O3S. The number of ether oxygens (including phenoxy) is 1. The second-order valence-electron chi connectivity index (χ2n) is 4.46. The van der Waals surface area contributed by atoms with Crippen LogP contribution in [0.2, 0.25) is 0 Å². The Morgan fingerprint density at radius 1 is 1.47 bits per heavy atom. The summed E-state index contributed by atoms with van der Waals surface area (Å²) >= 11 is 0. The Morgan fingerprint density at radius 2 is 2.12 bits per heavy atom. The zero-order chi connectivity index (χ0) is 12.2. The zero-order valence-corrected chi connectivity index (χ0v) is 12.0. The molecule has 0 aromatic heterocycles. The van der Waals surface area contributed by atoms with E-state index in [2.05, 4.69) is 4.72 Å². The van der Waals surface area contributed by atoms with E-state index in [1.54, 1.807) is 6.92 Å². The Kier molecular flexibility index (Phi) is 7.58. The van der Waals surface area contributed by atoms with E-state index in [0.29, 0.717) is 6.54 Å². The highest BCUT2D eigenvalue weighted by molar-refractivity contribution is 7.90. The van der Waals surface area contributed by atoms with Crippen LogP contribution < -0.4 is 10.5 Å². The Hall–Kier alpha value is 0.120. The van der Waals surface area contributed by atoms with E-state index in [1.807, 2.05) is 0 Å². The van der Waals surface area contributed by atoms with E-state index < -0.39 is 15.3 Å². The maximum atomic E-state index is 11.9. The summed E-state index contributed by atoms with van der Waals surface area (Å²) in [6.45, 7) is 2.42. The van der Waals surface area contributed by atoms with Gasteiger partial charge in [-0.15, -0.1) is 12.4 Å². The van der Waals surface area contributed by atoms with Gasteiger partial charge in [0.1, 0.15) is 0 Å². The molecule has 0 heterocycles. The van der Waals surface area contributed by atoms with Gasteiger partial charge >= 0.3 is 0 Å². The lowest BCUT2D eigenvalue weighted by molar-refractivity contribution is 0.200. The molecule has 17 heavy (non-hydrogen) atoms. The Morgan fingerprint density at radius 3 is 2.65 bits per heavy atom. The van der Waals surface area contributed by atoms with Crippen LogP contribution in [0.15, 0.2) is 0 Å². The molecule has 3 atom stereocenters. The van der Waals surface area contributed by atoms with Crippen molar-refractivity contribution in [1.29, 1.82) is 0 Å². The van der Waals surface area contributed by atoms with Crippen LogP contribution in [0, 0.1) is 5.92 Å². The highest BCUT2D eigenvalue weighted by Crippen LogP contribution is 2.25. The molecule has 3 unspecified atom stereocenters. The number of halogens is 1. The summed E-state index contributed by atoms with van der Waals surface area (Å²) in [6, 6.07) is 0.00862. The minimum Gasteiger partial charge on any atom is -0.383 e. The number of rotatable bonds is 6. The van der Waals surface area contributed by atoms with Crippen molar-refractivity contribution in [2.24, 2.45) is 11.7 Å². The van der Waals surface area contributed by atoms with Gasteiger partial charge < -0.3 is 10.5 Å². The molecule has 5 nitrogen and oxygen atoms in total. The van der Waals surface area contributed by atoms with Crippen molar-refractivity contribution in [3.05, 3.63) is 0 Å². The van der Waals surface area contributed by atoms with Crippen LogP contribution in [0.25, 0.3) is 0 Å². The highest BCUT2D eigenvalue weighted by atomic mass is 35.5. The van der Waals surface area contributed by atoms with E-state index in [4.69, 9.17) is 10.5 Å². The van der Waals surface area contributed by atoms with Gasteiger partial charge in [-0.05, 0) is 32.2 Å². The number of hydrogen-bond acceptors (Lipinski definition) is 4. The average molecular weight is 287 g/mol. The first kappa shape index (κ1) is 17.1. The van der Waals surface area contributed by atoms with Gasteiger partial charge in [0.25, 0.3) is 0 Å². The van der Waals surface area contributed by atoms with Gasteiger partial charge in [-0.3, -0.25) is 0 Å². The Bertz CT molecular complexity index is 311. The maximum absolute atomic E-state index is 11.9. The van der Waals surface area contributed by atoms with Gasteiger partial charge in [-0.2, -0.15) is 0 Å². The number of nitrogens with one attached hydrogen (secondary N) is 1. The number of methoxy groups -OCH3 is 1. The van der Waals surface area contributed by atoms with Gasteiger partial charge in [0.15, 0.2) is 0 Å². The quantitative estimate of drug-likeness (QED) is 0.745. The predicted molar refractivity (Wildman–Crippen MR) is 70.8 cm³/mol. The summed E-state index contributed by atoms with van der Waals surface area (Å²) < 4.78 is 31.4. The third-order valence-electron chi connectivity index (χ3n) is 3.21. The zero-order valence-electron chi connectivity index (χ0n) is 10.4. The van der Waals surface area contributed by atoms with E-state index in [9.17, 15) is 8.42 Å². The molecule has 0 amide bonds. The molecule has 1 fully saturated rings. The van der Waals surface area contributed by atoms with Crippen LogP contribution in [-0.2, 0) is 14.8 Å². The lowest BCUT2D eigenvalue weighted by atomic mass is 10.1. The van der Waals surface area contributed by atoms with Crippen LogP contribution in [0.5, 0.6) is 0 Å². The van der Waals surface area contributed by atoms with E-state index in [-0.39, 0.29) is 31.0 Å². The fourth-order valence-electron chi connectivity index (χ4n) is 2.13. The van der Waals surface area contributed by atoms with Crippen molar-refractivity contribution < 1.29 is 13.2 Å². The van der Waals surface area contributed by atoms with Crippen LogP contribution >= 0.6 is 12.4 Å². The lowest BCUT2D eigenvalue weighted by Crippen LogP contribution is -2.44. The molecule has 0 saturated heterocycles. The van der Waals surface area contributed by atoms with Gasteiger partial charge in [-0.1, -0.05) is 6.42 Å². The van der Waals surface area contributed by atoms with Crippen LogP contribution in [0.1, 0.15) is 26.2 Å². The largest absolute Gasteiger partial charge is 0.383 e. The Labute approximate surface area is 110 Å². The number of hydrogen-bond donors (Lipinski definition) is 2. The first-order valence-electron chi connectivity index (χ1n) is 5.71. The number of sulfonamides is 1. The smallest absolute Gasteiger partial charge is 0.216 e. The fraction of sp³-hybridized carbons (Fsp3) is 1.00. The summed E-state index contributed by atoms with van der Waals surface area (Å²) in [6.07, 6.45) is 2.96. The second kappa shape index (κ2) is 7.53. The molecule has 1 rings (SSSR count). The number of nitrogens with two attached hydrogens (primary N) is 1. The van der Waals surface area contributed by atoms with E-state index >= 15 is 0 Å². The summed E-state index contributed by atoms with van der Waals surface area (Å²) in [7, 11) is -1.78. The molecule has 1 aliphatic rings. The van der Waals surface area contributed by atoms with Gasteiger partial charge in [0.05, 0.1) is 11.9 Å². The molecule has 0 radical (unpaired) electrons. The third kappa shape index (κ3) is 4.71. The molecule has 7 heteroatoms. The van der Waals surface area contributed by atoms with Gasteiger partial charge in [0.2, 0.25) is 10.0 Å².